The largest absolute Gasteiger partial charge is 0.348 e. The molecule has 2 aromatic heterocycles. The van der Waals surface area contributed by atoms with Crippen LogP contribution in [0.2, 0.25) is 0 Å². The second kappa shape index (κ2) is 6.54. The van der Waals surface area contributed by atoms with Crippen LogP contribution >= 0.6 is 0 Å². The fourth-order valence-corrected chi connectivity index (χ4v) is 4.66. The number of imidazole rings is 1. The third kappa shape index (κ3) is 2.65. The van der Waals surface area contributed by atoms with Crippen LogP contribution in [-0.2, 0) is 16.8 Å². The molecule has 1 N–H and O–H groups in total. The van der Waals surface area contributed by atoms with Gasteiger partial charge in [-0.05, 0) is 38.8 Å². The number of likely N-dealkylation sites (N-methyl/N-ethyl adjacent to an activating group) is 1. The van der Waals surface area contributed by atoms with Gasteiger partial charge in [-0.1, -0.05) is 6.92 Å². The van der Waals surface area contributed by atoms with Crippen LogP contribution in [0.1, 0.15) is 49.7 Å². The van der Waals surface area contributed by atoms with Crippen molar-refractivity contribution >= 4 is 5.91 Å². The summed E-state index contributed by atoms with van der Waals surface area (Å²) in [6, 6.07) is -0.257. The molecular weight excluding hydrogens is 328 g/mol. The van der Waals surface area contributed by atoms with E-state index in [1.807, 2.05) is 31.3 Å². The standard InChI is InChI=1S/C19H28N6O/c1-4-24-8-5-16-17(21-13-20-16)19(24)6-9-23(10-7-19)18(26)15(3)25-12-14(2)11-22-25/h11-13,15H,4-10H2,1-3H3,(H,20,21). The van der Waals surface area contributed by atoms with Gasteiger partial charge in [0.15, 0.2) is 0 Å². The Bertz CT molecular complexity index is 786. The highest BCUT2D eigenvalue weighted by Gasteiger charge is 2.46. The number of aryl methyl sites for hydroxylation is 1. The van der Waals surface area contributed by atoms with Gasteiger partial charge in [0, 0.05) is 37.9 Å². The van der Waals surface area contributed by atoms with E-state index >= 15 is 0 Å². The van der Waals surface area contributed by atoms with Gasteiger partial charge in [-0.3, -0.25) is 14.4 Å². The number of carbonyl (C=O) groups excluding carboxylic acids is 1. The molecule has 26 heavy (non-hydrogen) atoms. The number of hydrogen-bond acceptors (Lipinski definition) is 4. The van der Waals surface area contributed by atoms with E-state index in [2.05, 4.69) is 26.9 Å². The lowest BCUT2D eigenvalue weighted by molar-refractivity contribution is -0.137. The number of carbonyl (C=O) groups is 1. The SMILES string of the molecule is CCN1CCc2[nH]cnc2C12CCN(C(=O)C(C)n1cc(C)cn1)CC2. The number of H-pyrrole nitrogens is 1. The van der Waals surface area contributed by atoms with Gasteiger partial charge in [0.2, 0.25) is 5.91 Å². The minimum atomic E-state index is -0.257. The number of aromatic amines is 1. The van der Waals surface area contributed by atoms with Gasteiger partial charge in [-0.2, -0.15) is 5.10 Å². The molecule has 0 aromatic carbocycles. The summed E-state index contributed by atoms with van der Waals surface area (Å²) in [7, 11) is 0. The van der Waals surface area contributed by atoms with Gasteiger partial charge in [0.05, 0.1) is 23.8 Å². The Morgan fingerprint density at radius 3 is 2.77 bits per heavy atom. The average Bonchev–Trinajstić information content (AvgIpc) is 3.31. The van der Waals surface area contributed by atoms with E-state index in [1.165, 1.54) is 11.4 Å². The summed E-state index contributed by atoms with van der Waals surface area (Å²) in [6.45, 7) is 9.77. The summed E-state index contributed by atoms with van der Waals surface area (Å²) in [5.74, 6) is 0.157. The zero-order chi connectivity index (χ0) is 18.3. The molecule has 0 aliphatic carbocycles. The van der Waals surface area contributed by atoms with Crippen molar-refractivity contribution in [3.8, 4) is 0 Å². The van der Waals surface area contributed by atoms with Gasteiger partial charge in [0.25, 0.3) is 0 Å². The van der Waals surface area contributed by atoms with Crippen molar-refractivity contribution in [1.29, 1.82) is 0 Å². The van der Waals surface area contributed by atoms with Crippen molar-refractivity contribution < 1.29 is 4.79 Å². The molecule has 0 saturated carbocycles. The first-order chi connectivity index (χ1) is 12.5. The minimum Gasteiger partial charge on any atom is -0.348 e. The van der Waals surface area contributed by atoms with Gasteiger partial charge in [-0.25, -0.2) is 4.98 Å². The van der Waals surface area contributed by atoms with Crippen molar-refractivity contribution in [3.05, 3.63) is 35.7 Å². The molecule has 1 saturated heterocycles. The van der Waals surface area contributed by atoms with E-state index < -0.39 is 0 Å². The maximum absolute atomic E-state index is 13.0. The molecule has 7 heteroatoms. The quantitative estimate of drug-likeness (QED) is 0.911. The lowest BCUT2D eigenvalue weighted by atomic mass is 9.78. The molecule has 2 aromatic rings. The molecule has 0 bridgehead atoms. The molecule has 4 heterocycles. The molecular formula is C19H28N6O. The van der Waals surface area contributed by atoms with E-state index in [4.69, 9.17) is 0 Å². The molecule has 0 radical (unpaired) electrons. The van der Waals surface area contributed by atoms with Gasteiger partial charge in [0.1, 0.15) is 6.04 Å². The number of amides is 1. The van der Waals surface area contributed by atoms with E-state index in [0.717, 1.165) is 51.0 Å². The molecule has 1 unspecified atom stereocenters. The van der Waals surface area contributed by atoms with Crippen LogP contribution in [0, 0.1) is 6.92 Å². The van der Waals surface area contributed by atoms with Crippen molar-refractivity contribution in [2.24, 2.45) is 0 Å². The fourth-order valence-electron chi connectivity index (χ4n) is 4.66. The van der Waals surface area contributed by atoms with Crippen molar-refractivity contribution in [2.75, 3.05) is 26.2 Å². The summed E-state index contributed by atoms with van der Waals surface area (Å²) in [5.41, 5.74) is 3.53. The predicted octanol–water partition coefficient (Wildman–Crippen LogP) is 1.87. The molecule has 4 rings (SSSR count). The summed E-state index contributed by atoms with van der Waals surface area (Å²) < 4.78 is 1.77. The Hall–Kier alpha value is -2.15. The lowest BCUT2D eigenvalue weighted by Gasteiger charge is -2.50. The molecule has 1 spiro atoms. The Balaban J connectivity index is 1.51. The van der Waals surface area contributed by atoms with Crippen LogP contribution in [0.25, 0.3) is 0 Å². The number of hydrogen-bond donors (Lipinski definition) is 1. The number of piperidine rings is 1. The van der Waals surface area contributed by atoms with E-state index in [0.29, 0.717) is 0 Å². The Morgan fingerprint density at radius 1 is 1.35 bits per heavy atom. The van der Waals surface area contributed by atoms with Crippen LogP contribution < -0.4 is 0 Å². The maximum Gasteiger partial charge on any atom is 0.247 e. The average molecular weight is 356 g/mol. The van der Waals surface area contributed by atoms with Crippen LogP contribution in [-0.4, -0.2) is 61.6 Å². The number of aromatic nitrogens is 4. The van der Waals surface area contributed by atoms with Crippen LogP contribution in [0.4, 0.5) is 0 Å². The fraction of sp³-hybridized carbons (Fsp3) is 0.632. The Labute approximate surface area is 154 Å². The van der Waals surface area contributed by atoms with Crippen molar-refractivity contribution in [1.82, 2.24) is 29.5 Å². The van der Waals surface area contributed by atoms with Gasteiger partial charge in [-0.15, -0.1) is 0 Å². The summed E-state index contributed by atoms with van der Waals surface area (Å²) in [5, 5.41) is 4.31. The number of nitrogens with zero attached hydrogens (tertiary/aromatic N) is 5. The molecule has 1 amide bonds. The normalized spacial score (nSPS) is 21.0. The highest BCUT2D eigenvalue weighted by Crippen LogP contribution is 2.42. The second-order valence-electron chi connectivity index (χ2n) is 7.59. The van der Waals surface area contributed by atoms with Crippen LogP contribution in [0.5, 0.6) is 0 Å². The van der Waals surface area contributed by atoms with E-state index in [1.54, 1.807) is 10.9 Å². The Kier molecular flexibility index (Phi) is 4.34. The van der Waals surface area contributed by atoms with Gasteiger partial charge >= 0.3 is 0 Å². The van der Waals surface area contributed by atoms with E-state index in [-0.39, 0.29) is 17.5 Å². The van der Waals surface area contributed by atoms with Crippen molar-refractivity contribution in [3.63, 3.8) is 0 Å². The second-order valence-corrected chi connectivity index (χ2v) is 7.59. The molecule has 1 atom stereocenters. The van der Waals surface area contributed by atoms with Gasteiger partial charge < -0.3 is 9.88 Å². The lowest BCUT2D eigenvalue weighted by Crippen LogP contribution is -2.57. The number of nitrogens with one attached hydrogen (secondary N) is 1. The first-order valence-electron chi connectivity index (χ1n) is 9.62. The third-order valence-corrected chi connectivity index (χ3v) is 6.16. The number of likely N-dealkylation sites (tertiary alicyclic amines) is 1. The van der Waals surface area contributed by atoms with Crippen LogP contribution in [0.15, 0.2) is 18.7 Å². The monoisotopic (exact) mass is 356 g/mol. The minimum absolute atomic E-state index is 0.0232. The zero-order valence-electron chi connectivity index (χ0n) is 15.9. The molecule has 2 aliphatic heterocycles. The molecule has 7 nitrogen and oxygen atoms in total. The highest BCUT2D eigenvalue weighted by molar-refractivity contribution is 5.80. The first-order valence-corrected chi connectivity index (χ1v) is 9.62. The maximum atomic E-state index is 13.0. The number of rotatable bonds is 3. The molecule has 140 valence electrons. The smallest absolute Gasteiger partial charge is 0.247 e. The summed E-state index contributed by atoms with van der Waals surface area (Å²) in [4.78, 5) is 25.5. The third-order valence-electron chi connectivity index (χ3n) is 6.16. The number of fused-ring (bicyclic) bond motifs is 2. The molecule has 1 fully saturated rings. The Morgan fingerprint density at radius 2 is 2.12 bits per heavy atom. The highest BCUT2D eigenvalue weighted by atomic mass is 16.2. The zero-order valence-corrected chi connectivity index (χ0v) is 15.9. The molecule has 2 aliphatic rings. The summed E-state index contributed by atoms with van der Waals surface area (Å²) >= 11 is 0. The van der Waals surface area contributed by atoms with Crippen molar-refractivity contribution in [2.45, 2.75) is 51.6 Å². The summed E-state index contributed by atoms with van der Waals surface area (Å²) in [6.07, 6.45) is 8.47. The van der Waals surface area contributed by atoms with Crippen LogP contribution in [0.3, 0.4) is 0 Å². The first kappa shape index (κ1) is 17.3. The predicted molar refractivity (Wildman–Crippen MR) is 98.7 cm³/mol. The van der Waals surface area contributed by atoms with E-state index in [9.17, 15) is 4.79 Å². The topological polar surface area (TPSA) is 70.1 Å².